The Morgan fingerprint density at radius 2 is 2.18 bits per heavy atom. The third-order valence-electron chi connectivity index (χ3n) is 2.40. The van der Waals surface area contributed by atoms with Crippen molar-refractivity contribution in [1.82, 2.24) is 4.90 Å². The van der Waals surface area contributed by atoms with E-state index in [2.05, 4.69) is 0 Å². The highest BCUT2D eigenvalue weighted by Gasteiger charge is 2.18. The first-order valence-corrected chi connectivity index (χ1v) is 5.67. The van der Waals surface area contributed by atoms with Crippen molar-refractivity contribution in [2.75, 3.05) is 20.8 Å². The maximum Gasteiger partial charge on any atom is 0.241 e. The lowest BCUT2D eigenvalue weighted by atomic mass is 10.2. The molecule has 1 unspecified atom stereocenters. The predicted octanol–water partition coefficient (Wildman–Crippen LogP) is 1.27. The summed E-state index contributed by atoms with van der Waals surface area (Å²) in [6, 6.07) is 6.78. The van der Waals surface area contributed by atoms with Crippen molar-refractivity contribution in [3.8, 4) is 0 Å². The van der Waals surface area contributed by atoms with Gasteiger partial charge >= 0.3 is 0 Å². The van der Waals surface area contributed by atoms with Gasteiger partial charge in [-0.15, -0.1) is 0 Å². The van der Waals surface area contributed by atoms with Crippen molar-refractivity contribution in [3.05, 3.63) is 34.9 Å². The Kier molecular flexibility index (Phi) is 5.41. The number of carbonyl (C=O) groups is 1. The summed E-state index contributed by atoms with van der Waals surface area (Å²) < 4.78 is 4.85. The van der Waals surface area contributed by atoms with Gasteiger partial charge in [-0.1, -0.05) is 29.8 Å². The Morgan fingerprint density at radius 3 is 2.76 bits per heavy atom. The summed E-state index contributed by atoms with van der Waals surface area (Å²) in [4.78, 5) is 13.4. The molecular formula is C12H17ClN2O2. The first-order valence-electron chi connectivity index (χ1n) is 5.29. The van der Waals surface area contributed by atoms with Gasteiger partial charge in [-0.25, -0.2) is 0 Å². The van der Waals surface area contributed by atoms with Gasteiger partial charge in [-0.3, -0.25) is 4.79 Å². The van der Waals surface area contributed by atoms with E-state index < -0.39 is 6.04 Å². The molecule has 2 N–H and O–H groups in total. The minimum Gasteiger partial charge on any atom is -0.383 e. The number of nitrogens with two attached hydrogens (primary N) is 1. The molecule has 94 valence electrons. The quantitative estimate of drug-likeness (QED) is 0.863. The van der Waals surface area contributed by atoms with Crippen molar-refractivity contribution >= 4 is 17.5 Å². The number of amides is 1. The van der Waals surface area contributed by atoms with Crippen molar-refractivity contribution < 1.29 is 9.53 Å². The number of methoxy groups -OCH3 is 1. The lowest BCUT2D eigenvalue weighted by Crippen LogP contribution is -2.44. The zero-order chi connectivity index (χ0) is 12.8. The second kappa shape index (κ2) is 6.59. The largest absolute Gasteiger partial charge is 0.383 e. The van der Waals surface area contributed by atoms with Crippen LogP contribution in [0.25, 0.3) is 0 Å². The maximum absolute atomic E-state index is 11.8. The van der Waals surface area contributed by atoms with Crippen LogP contribution in [0.4, 0.5) is 0 Å². The van der Waals surface area contributed by atoms with E-state index in [9.17, 15) is 4.79 Å². The summed E-state index contributed by atoms with van der Waals surface area (Å²) in [7, 11) is 3.21. The molecule has 0 radical (unpaired) electrons. The van der Waals surface area contributed by atoms with E-state index in [0.717, 1.165) is 5.56 Å². The van der Waals surface area contributed by atoms with E-state index in [1.807, 2.05) is 18.2 Å². The fourth-order valence-corrected chi connectivity index (χ4v) is 1.69. The number of carbonyl (C=O) groups excluding carboxylic acids is 1. The molecule has 1 atom stereocenters. The Labute approximate surface area is 106 Å². The van der Waals surface area contributed by atoms with Crippen LogP contribution in [0.1, 0.15) is 5.56 Å². The third kappa shape index (κ3) is 4.00. The normalized spacial score (nSPS) is 12.2. The Hall–Kier alpha value is -1.10. The lowest BCUT2D eigenvalue weighted by Gasteiger charge is -2.21. The number of likely N-dealkylation sites (N-methyl/N-ethyl adjacent to an activating group) is 1. The average Bonchev–Trinajstić information content (AvgIpc) is 2.31. The van der Waals surface area contributed by atoms with Crippen molar-refractivity contribution in [3.63, 3.8) is 0 Å². The molecule has 0 aromatic heterocycles. The van der Waals surface area contributed by atoms with Crippen LogP contribution < -0.4 is 5.73 Å². The molecule has 0 bridgehead atoms. The monoisotopic (exact) mass is 256 g/mol. The fourth-order valence-electron chi connectivity index (χ4n) is 1.49. The van der Waals surface area contributed by atoms with Crippen LogP contribution in [-0.4, -0.2) is 37.6 Å². The number of rotatable bonds is 5. The molecule has 1 aromatic carbocycles. The zero-order valence-corrected chi connectivity index (χ0v) is 10.8. The van der Waals surface area contributed by atoms with Gasteiger partial charge in [0, 0.05) is 25.7 Å². The molecule has 4 nitrogen and oxygen atoms in total. The van der Waals surface area contributed by atoms with Gasteiger partial charge in [0.25, 0.3) is 0 Å². The van der Waals surface area contributed by atoms with Gasteiger partial charge in [-0.2, -0.15) is 0 Å². The molecule has 1 aromatic rings. The first-order chi connectivity index (χ1) is 8.06. The topological polar surface area (TPSA) is 55.6 Å². The number of hydrogen-bond donors (Lipinski definition) is 1. The van der Waals surface area contributed by atoms with Gasteiger partial charge in [0.1, 0.15) is 6.04 Å². The van der Waals surface area contributed by atoms with E-state index in [0.29, 0.717) is 11.6 Å². The maximum atomic E-state index is 11.8. The minimum absolute atomic E-state index is 0.160. The summed E-state index contributed by atoms with van der Waals surface area (Å²) in [5.74, 6) is -0.160. The van der Waals surface area contributed by atoms with Crippen LogP contribution in [0.2, 0.25) is 5.02 Å². The molecule has 0 aliphatic rings. The molecule has 5 heteroatoms. The number of nitrogens with zero attached hydrogens (tertiary/aromatic N) is 1. The third-order valence-corrected chi connectivity index (χ3v) is 2.77. The van der Waals surface area contributed by atoms with Crippen LogP contribution in [0.15, 0.2) is 24.3 Å². The van der Waals surface area contributed by atoms with E-state index >= 15 is 0 Å². The van der Waals surface area contributed by atoms with E-state index in [1.54, 1.807) is 18.0 Å². The van der Waals surface area contributed by atoms with Gasteiger partial charge in [0.05, 0.1) is 6.61 Å². The van der Waals surface area contributed by atoms with Crippen molar-refractivity contribution in [1.29, 1.82) is 0 Å². The summed E-state index contributed by atoms with van der Waals surface area (Å²) in [6.45, 7) is 0.654. The van der Waals surface area contributed by atoms with Crippen LogP contribution in [0.3, 0.4) is 0 Å². The Balaban J connectivity index is 2.63. The van der Waals surface area contributed by atoms with E-state index in [-0.39, 0.29) is 12.5 Å². The average molecular weight is 257 g/mol. The van der Waals surface area contributed by atoms with Crippen molar-refractivity contribution in [2.45, 2.75) is 12.6 Å². The molecule has 0 fully saturated rings. The standard InChI is InChI=1S/C12H17ClN2O2/c1-15(12(16)11(14)8-17-2)7-9-5-3-4-6-10(9)13/h3-6,11H,7-8,14H2,1-2H3. The molecular weight excluding hydrogens is 240 g/mol. The Bertz CT molecular complexity index is 385. The highest BCUT2D eigenvalue weighted by atomic mass is 35.5. The molecule has 0 heterocycles. The van der Waals surface area contributed by atoms with E-state index in [4.69, 9.17) is 22.1 Å². The van der Waals surface area contributed by atoms with Gasteiger partial charge in [0.2, 0.25) is 5.91 Å². The number of hydrogen-bond acceptors (Lipinski definition) is 3. The smallest absolute Gasteiger partial charge is 0.241 e. The summed E-state index contributed by atoms with van der Waals surface area (Å²) in [5.41, 5.74) is 6.57. The molecule has 0 saturated heterocycles. The van der Waals surface area contributed by atoms with Crippen LogP contribution >= 0.6 is 11.6 Å². The fraction of sp³-hybridized carbons (Fsp3) is 0.417. The van der Waals surface area contributed by atoms with Crippen LogP contribution in [0.5, 0.6) is 0 Å². The molecule has 17 heavy (non-hydrogen) atoms. The summed E-state index contributed by atoms with van der Waals surface area (Å²) >= 11 is 6.02. The molecule has 0 aliphatic heterocycles. The Morgan fingerprint density at radius 1 is 1.53 bits per heavy atom. The second-order valence-electron chi connectivity index (χ2n) is 3.85. The zero-order valence-electron chi connectivity index (χ0n) is 10.0. The molecule has 0 spiro atoms. The molecule has 1 rings (SSSR count). The molecule has 0 saturated carbocycles. The highest BCUT2D eigenvalue weighted by Crippen LogP contribution is 2.16. The number of ether oxygens (including phenoxy) is 1. The summed E-state index contributed by atoms with van der Waals surface area (Å²) in [5, 5.41) is 0.646. The number of benzene rings is 1. The molecule has 1 amide bonds. The highest BCUT2D eigenvalue weighted by molar-refractivity contribution is 6.31. The summed E-state index contributed by atoms with van der Waals surface area (Å²) in [6.07, 6.45) is 0. The second-order valence-corrected chi connectivity index (χ2v) is 4.25. The van der Waals surface area contributed by atoms with E-state index in [1.165, 1.54) is 7.11 Å². The van der Waals surface area contributed by atoms with Crippen molar-refractivity contribution in [2.24, 2.45) is 5.73 Å². The number of halogens is 1. The van der Waals surface area contributed by atoms with Gasteiger partial charge in [0.15, 0.2) is 0 Å². The first kappa shape index (κ1) is 14.0. The predicted molar refractivity (Wildman–Crippen MR) is 67.8 cm³/mol. The molecule has 0 aliphatic carbocycles. The van der Waals surface area contributed by atoms with Crippen LogP contribution in [0, 0.1) is 0 Å². The lowest BCUT2D eigenvalue weighted by molar-refractivity contribution is -0.132. The van der Waals surface area contributed by atoms with Gasteiger partial charge < -0.3 is 15.4 Å². The minimum atomic E-state index is -0.632. The SMILES string of the molecule is COCC(N)C(=O)N(C)Cc1ccccc1Cl. The van der Waals surface area contributed by atoms with Gasteiger partial charge in [-0.05, 0) is 11.6 Å². The van der Waals surface area contributed by atoms with Crippen LogP contribution in [-0.2, 0) is 16.1 Å².